The number of halogens is 1. The van der Waals surface area contributed by atoms with Crippen LogP contribution in [0, 0.1) is 5.82 Å². The second-order valence-corrected chi connectivity index (χ2v) is 5.37. The number of ether oxygens (including phenoxy) is 2. The molecule has 0 atom stereocenters. The Kier molecular flexibility index (Phi) is 4.74. The zero-order chi connectivity index (χ0) is 17.8. The summed E-state index contributed by atoms with van der Waals surface area (Å²) in [4.78, 5) is 19.9. The van der Waals surface area contributed by atoms with Gasteiger partial charge in [0, 0.05) is 31.2 Å². The van der Waals surface area contributed by atoms with Crippen molar-refractivity contribution in [3.63, 3.8) is 0 Å². The summed E-state index contributed by atoms with van der Waals surface area (Å²) < 4.78 is 25.5. The van der Waals surface area contributed by atoms with E-state index in [4.69, 9.17) is 9.47 Å². The molecule has 0 bridgehead atoms. The highest BCUT2D eigenvalue weighted by atomic mass is 19.1. The number of nitrogens with zero attached hydrogens (tertiary/aromatic N) is 3. The van der Waals surface area contributed by atoms with Gasteiger partial charge in [-0.05, 0) is 24.3 Å². The molecular weight excluding hydrogens is 325 g/mol. The average Bonchev–Trinajstić information content (AvgIpc) is 3.01. The summed E-state index contributed by atoms with van der Waals surface area (Å²) in [6.45, 7) is 0.151. The maximum Gasteiger partial charge on any atom is 0.339 e. The van der Waals surface area contributed by atoms with Crippen molar-refractivity contribution in [1.82, 2.24) is 14.5 Å². The van der Waals surface area contributed by atoms with E-state index in [1.807, 2.05) is 0 Å². The van der Waals surface area contributed by atoms with Crippen LogP contribution in [-0.4, -0.2) is 27.6 Å². The molecule has 0 unspecified atom stereocenters. The quantitative estimate of drug-likeness (QED) is 0.668. The third-order valence-corrected chi connectivity index (χ3v) is 3.60. The van der Waals surface area contributed by atoms with E-state index in [1.165, 1.54) is 19.4 Å². The maximum atomic E-state index is 13.2. The van der Waals surface area contributed by atoms with Gasteiger partial charge < -0.3 is 14.0 Å². The molecule has 0 spiro atoms. The van der Waals surface area contributed by atoms with Gasteiger partial charge in [0.15, 0.2) is 0 Å². The second-order valence-electron chi connectivity index (χ2n) is 5.37. The molecule has 3 rings (SSSR count). The summed E-state index contributed by atoms with van der Waals surface area (Å²) in [6.07, 6.45) is 5.97. The summed E-state index contributed by atoms with van der Waals surface area (Å²) in [5.41, 5.74) is 2.31. The molecule has 128 valence electrons. The number of aromatic nitrogens is 3. The van der Waals surface area contributed by atoms with Gasteiger partial charge in [-0.15, -0.1) is 0 Å². The first-order chi connectivity index (χ1) is 12.1. The minimum Gasteiger partial charge on any atom is -0.486 e. The molecule has 0 aliphatic rings. The Morgan fingerprint density at radius 1 is 1.32 bits per heavy atom. The molecule has 3 aromatic heterocycles. The van der Waals surface area contributed by atoms with Crippen molar-refractivity contribution in [3.8, 4) is 17.1 Å². The molecule has 6 nitrogen and oxygen atoms in total. The van der Waals surface area contributed by atoms with E-state index in [9.17, 15) is 9.18 Å². The Balaban J connectivity index is 1.89. The van der Waals surface area contributed by atoms with Crippen LogP contribution in [0.15, 0.2) is 49.1 Å². The van der Waals surface area contributed by atoms with E-state index in [1.54, 1.807) is 42.2 Å². The Bertz CT molecular complexity index is 908. The predicted molar refractivity (Wildman–Crippen MR) is 88.5 cm³/mol. The zero-order valence-corrected chi connectivity index (χ0v) is 13.8. The Morgan fingerprint density at radius 2 is 2.16 bits per heavy atom. The SMILES string of the molecule is COC(=O)c1cc(-c2ncccc2OCc2cncc(F)c2)n(C)c1. The number of methoxy groups -OCH3 is 1. The molecule has 7 heteroatoms. The fourth-order valence-corrected chi connectivity index (χ4v) is 2.42. The van der Waals surface area contributed by atoms with E-state index >= 15 is 0 Å². The van der Waals surface area contributed by atoms with Crippen LogP contribution in [0.25, 0.3) is 11.4 Å². The van der Waals surface area contributed by atoms with Crippen molar-refractivity contribution in [2.24, 2.45) is 7.05 Å². The monoisotopic (exact) mass is 341 g/mol. The molecule has 3 aromatic rings. The first-order valence-corrected chi connectivity index (χ1v) is 7.51. The lowest BCUT2D eigenvalue weighted by atomic mass is 10.2. The minimum atomic E-state index is -0.425. The number of carbonyl (C=O) groups excluding carboxylic acids is 1. The number of rotatable bonds is 5. The highest BCUT2D eigenvalue weighted by Crippen LogP contribution is 2.29. The van der Waals surface area contributed by atoms with Gasteiger partial charge in [-0.2, -0.15) is 0 Å². The Morgan fingerprint density at radius 3 is 2.92 bits per heavy atom. The van der Waals surface area contributed by atoms with Gasteiger partial charge in [0.1, 0.15) is 23.9 Å². The first kappa shape index (κ1) is 16.6. The number of carbonyl (C=O) groups is 1. The number of aryl methyl sites for hydroxylation is 1. The predicted octanol–water partition coefficient (Wildman–Crippen LogP) is 2.99. The van der Waals surface area contributed by atoms with Crippen molar-refractivity contribution in [2.45, 2.75) is 6.61 Å². The maximum absolute atomic E-state index is 13.2. The average molecular weight is 341 g/mol. The smallest absolute Gasteiger partial charge is 0.339 e. The molecule has 0 aromatic carbocycles. The topological polar surface area (TPSA) is 66.2 Å². The Hall–Kier alpha value is -3.22. The third-order valence-electron chi connectivity index (χ3n) is 3.60. The molecule has 0 fully saturated rings. The number of hydrogen-bond acceptors (Lipinski definition) is 5. The lowest BCUT2D eigenvalue weighted by molar-refractivity contribution is 0.0600. The fraction of sp³-hybridized carbons (Fsp3) is 0.167. The van der Waals surface area contributed by atoms with E-state index in [-0.39, 0.29) is 6.61 Å². The van der Waals surface area contributed by atoms with Gasteiger partial charge in [-0.25, -0.2) is 9.18 Å². The van der Waals surface area contributed by atoms with Crippen LogP contribution in [0.2, 0.25) is 0 Å². The molecule has 0 amide bonds. The van der Waals surface area contributed by atoms with Crippen molar-refractivity contribution >= 4 is 5.97 Å². The number of hydrogen-bond donors (Lipinski definition) is 0. The summed E-state index contributed by atoms with van der Waals surface area (Å²) in [7, 11) is 3.13. The molecule has 0 saturated carbocycles. The van der Waals surface area contributed by atoms with Crippen LogP contribution in [0.5, 0.6) is 5.75 Å². The summed E-state index contributed by atoms with van der Waals surface area (Å²) >= 11 is 0. The van der Waals surface area contributed by atoms with Crippen LogP contribution in [0.1, 0.15) is 15.9 Å². The molecule has 25 heavy (non-hydrogen) atoms. The summed E-state index contributed by atoms with van der Waals surface area (Å²) in [5, 5.41) is 0. The highest BCUT2D eigenvalue weighted by Gasteiger charge is 2.16. The molecule has 0 radical (unpaired) electrons. The molecule has 0 N–H and O–H groups in total. The lowest BCUT2D eigenvalue weighted by Gasteiger charge is -2.11. The van der Waals surface area contributed by atoms with Crippen molar-refractivity contribution in [1.29, 1.82) is 0 Å². The van der Waals surface area contributed by atoms with Crippen LogP contribution < -0.4 is 4.74 Å². The summed E-state index contributed by atoms with van der Waals surface area (Å²) in [6, 6.07) is 6.55. The lowest BCUT2D eigenvalue weighted by Crippen LogP contribution is -2.00. The van der Waals surface area contributed by atoms with Gasteiger partial charge in [-0.1, -0.05) is 0 Å². The third kappa shape index (κ3) is 3.65. The molecular formula is C18H16FN3O3. The largest absolute Gasteiger partial charge is 0.486 e. The van der Waals surface area contributed by atoms with Gasteiger partial charge in [0.25, 0.3) is 0 Å². The van der Waals surface area contributed by atoms with Gasteiger partial charge in [0.05, 0.1) is 24.6 Å². The minimum absolute atomic E-state index is 0.151. The molecule has 0 aliphatic carbocycles. The van der Waals surface area contributed by atoms with Crippen molar-refractivity contribution in [2.75, 3.05) is 7.11 Å². The van der Waals surface area contributed by atoms with Gasteiger partial charge in [0.2, 0.25) is 0 Å². The molecule has 0 aliphatic heterocycles. The fourth-order valence-electron chi connectivity index (χ4n) is 2.42. The normalized spacial score (nSPS) is 10.5. The second kappa shape index (κ2) is 7.12. The van der Waals surface area contributed by atoms with Crippen LogP contribution >= 0.6 is 0 Å². The van der Waals surface area contributed by atoms with E-state index < -0.39 is 11.8 Å². The first-order valence-electron chi connectivity index (χ1n) is 7.51. The van der Waals surface area contributed by atoms with Gasteiger partial charge >= 0.3 is 5.97 Å². The molecule has 3 heterocycles. The standard InChI is InChI=1S/C18H16FN3O3/c1-22-10-13(18(23)24-2)7-15(22)17-16(4-3-5-21-17)25-11-12-6-14(19)9-20-8-12/h3-10H,11H2,1-2H3. The molecule has 0 saturated heterocycles. The zero-order valence-electron chi connectivity index (χ0n) is 13.8. The van der Waals surface area contributed by atoms with Crippen LogP contribution in [0.4, 0.5) is 4.39 Å². The van der Waals surface area contributed by atoms with Gasteiger partial charge in [-0.3, -0.25) is 9.97 Å². The van der Waals surface area contributed by atoms with E-state index in [0.717, 1.165) is 6.20 Å². The number of esters is 1. The summed E-state index contributed by atoms with van der Waals surface area (Å²) in [5.74, 6) is -0.326. The van der Waals surface area contributed by atoms with Crippen molar-refractivity contribution in [3.05, 3.63) is 66.0 Å². The van der Waals surface area contributed by atoms with Crippen LogP contribution in [0.3, 0.4) is 0 Å². The van der Waals surface area contributed by atoms with E-state index in [2.05, 4.69) is 9.97 Å². The van der Waals surface area contributed by atoms with Crippen LogP contribution in [-0.2, 0) is 18.4 Å². The van der Waals surface area contributed by atoms with E-state index in [0.29, 0.717) is 28.3 Å². The van der Waals surface area contributed by atoms with Crippen molar-refractivity contribution < 1.29 is 18.7 Å². The Labute approximate surface area is 143 Å². The number of pyridine rings is 2. The highest BCUT2D eigenvalue weighted by molar-refractivity contribution is 5.91.